The lowest BCUT2D eigenvalue weighted by atomic mass is 10.7. The van der Waals surface area contributed by atoms with Crippen LogP contribution in [0.2, 0.25) is 0 Å². The van der Waals surface area contributed by atoms with E-state index in [0.717, 1.165) is 0 Å². The summed E-state index contributed by atoms with van der Waals surface area (Å²) < 4.78 is 36.7. The van der Waals surface area contributed by atoms with Crippen molar-refractivity contribution < 1.29 is 43.2 Å². The summed E-state index contributed by atoms with van der Waals surface area (Å²) in [7, 11) is -4.69. The average Bonchev–Trinajstić information content (AvgIpc) is 1.52. The summed E-state index contributed by atoms with van der Waals surface area (Å²) >= 11 is 0. The summed E-state index contributed by atoms with van der Waals surface area (Å²) in [6.07, 6.45) is 0. The first-order valence-electron chi connectivity index (χ1n) is 2.45. The highest BCUT2D eigenvalue weighted by molar-refractivity contribution is 5.82. The van der Waals surface area contributed by atoms with Gasteiger partial charge in [0.05, 0.1) is 14.9 Å². The molecule has 0 rings (SSSR count). The van der Waals surface area contributed by atoms with E-state index in [0.29, 0.717) is 0 Å². The smallest absolute Gasteiger partial charge is 0.310 e. The Balaban J connectivity index is 0. The molecule has 0 unspecified atom stereocenters. The van der Waals surface area contributed by atoms with E-state index in [1.807, 2.05) is 0 Å². The van der Waals surface area contributed by atoms with E-state index in [-0.39, 0.29) is 0 Å². The molecule has 0 aliphatic heterocycles. The Morgan fingerprint density at radius 1 is 1.17 bits per heavy atom. The highest BCUT2D eigenvalue weighted by Gasteiger charge is 1.98. The Morgan fingerprint density at radius 2 is 1.33 bits per heavy atom. The van der Waals surface area contributed by atoms with E-state index < -0.39 is 22.2 Å². The van der Waals surface area contributed by atoms with Crippen LogP contribution in [0.1, 0.15) is 13.8 Å². The first kappa shape index (κ1) is 13.8. The lowest BCUT2D eigenvalue weighted by Crippen LogP contribution is -2.58. The third-order valence-corrected chi connectivity index (χ3v) is 0.287. The second-order valence-corrected chi connectivity index (χ2v) is 2.27. The molecule has 7 nitrogen and oxygen atoms in total. The second-order valence-electron chi connectivity index (χ2n) is 1.48. The molecule has 0 heterocycles. The van der Waals surface area contributed by atoms with Gasteiger partial charge in [-0.25, -0.2) is 0 Å². The fourth-order valence-electron chi connectivity index (χ4n) is 0.202. The van der Waals surface area contributed by atoms with Gasteiger partial charge in [-0.3, -0.25) is 9.59 Å². The highest BCUT2D eigenvalue weighted by Crippen LogP contribution is 1.73. The summed E-state index contributed by atoms with van der Waals surface area (Å²) in [6, 6.07) is 0. The second kappa shape index (κ2) is 5.86. The molecule has 1 N–H and O–H groups in total. The Kier molecular flexibility index (Phi) is 6.76. The minimum atomic E-state index is -4.69. The van der Waals surface area contributed by atoms with Crippen molar-refractivity contribution in [1.29, 1.82) is 0 Å². The van der Waals surface area contributed by atoms with E-state index in [1.54, 1.807) is 0 Å². The van der Waals surface area contributed by atoms with Crippen molar-refractivity contribution in [3.8, 4) is 0 Å². The van der Waals surface area contributed by atoms with E-state index in [4.69, 9.17) is 18.6 Å². The molecule has 0 amide bonds. The molecule has 0 spiro atoms. The molecule has 0 aromatic heterocycles. The molecule has 0 atom stereocenters. The minimum Gasteiger partial charge on any atom is -0.394 e. The van der Waals surface area contributed by atoms with E-state index in [9.17, 15) is 9.59 Å². The van der Waals surface area contributed by atoms with Crippen molar-refractivity contribution in [2.24, 2.45) is 0 Å². The van der Waals surface area contributed by atoms with E-state index >= 15 is 0 Å². The van der Waals surface area contributed by atoms with Crippen LogP contribution >= 0.6 is 0 Å². The van der Waals surface area contributed by atoms with Crippen LogP contribution in [0.3, 0.4) is 0 Å². The Labute approximate surface area is 69.9 Å². The van der Waals surface area contributed by atoms with Gasteiger partial charge in [-0.05, 0) is 0 Å². The first-order valence-corrected chi connectivity index (χ1v) is 3.71. The van der Waals surface area contributed by atoms with Crippen LogP contribution in [-0.4, -0.2) is 16.6 Å². The van der Waals surface area contributed by atoms with Gasteiger partial charge >= 0.3 is 11.9 Å². The zero-order chi connectivity index (χ0) is 10.4. The molecule has 0 saturated carbocycles. The minimum absolute atomic E-state index is 0.562. The van der Waals surface area contributed by atoms with Gasteiger partial charge in [-0.15, -0.1) is 0 Å². The fourth-order valence-corrected chi connectivity index (χ4v) is 0.202. The SMILES string of the molecule is CC(=O)OC(C)=O.[O-][Cl+3]([O-])([O-])O. The van der Waals surface area contributed by atoms with Gasteiger partial charge in [0.1, 0.15) is 0 Å². The topological polar surface area (TPSA) is 133 Å². The monoisotopic (exact) mass is 202 g/mol. The normalized spacial score (nSPS) is 9.50. The molecule has 0 aromatic rings. The van der Waals surface area contributed by atoms with Gasteiger partial charge in [-0.1, -0.05) is 0 Å². The van der Waals surface area contributed by atoms with Crippen molar-refractivity contribution in [2.45, 2.75) is 13.8 Å². The van der Waals surface area contributed by atoms with Crippen LogP contribution in [0.4, 0.5) is 0 Å². The maximum Gasteiger partial charge on any atom is 0.310 e. The van der Waals surface area contributed by atoms with Gasteiger partial charge in [-0.2, -0.15) is 14.0 Å². The average molecular weight is 203 g/mol. The Hall–Kier alpha value is -0.730. The van der Waals surface area contributed by atoms with Crippen LogP contribution < -0.4 is 14.0 Å². The van der Waals surface area contributed by atoms with Crippen molar-refractivity contribution in [1.82, 2.24) is 0 Å². The third-order valence-electron chi connectivity index (χ3n) is 0.287. The van der Waals surface area contributed by atoms with E-state index in [1.165, 1.54) is 13.8 Å². The Bertz CT molecular complexity index is 141. The van der Waals surface area contributed by atoms with Crippen molar-refractivity contribution >= 4 is 11.9 Å². The molecule has 0 aliphatic rings. The van der Waals surface area contributed by atoms with Gasteiger partial charge in [0.2, 0.25) is 0 Å². The molecule has 12 heavy (non-hydrogen) atoms. The van der Waals surface area contributed by atoms with Crippen LogP contribution in [0.15, 0.2) is 0 Å². The Morgan fingerprint density at radius 3 is 1.33 bits per heavy atom. The molecule has 0 bridgehead atoms. The summed E-state index contributed by atoms with van der Waals surface area (Å²) in [4.78, 5) is 19.6. The first-order chi connectivity index (χ1) is 5.13. The standard InChI is InChI=1S/C4H6O3.ClHO4/c1-3(5)7-4(2)6;2-1(3,4)5/h1-2H3;(H,2,3,4,5). The zero-order valence-electron chi connectivity index (χ0n) is 6.27. The lowest BCUT2D eigenvalue weighted by molar-refractivity contribution is -1.92. The number of carbonyl (C=O) groups excluding carboxylic acids is 2. The summed E-state index contributed by atoms with van der Waals surface area (Å²) in [5.74, 6) is -1.12. The molecule has 0 saturated heterocycles. The predicted octanol–water partition coefficient (Wildman–Crippen LogP) is -4.03. The van der Waals surface area contributed by atoms with Crippen molar-refractivity contribution in [3.05, 3.63) is 0 Å². The quantitative estimate of drug-likeness (QED) is 0.312. The molecular weight excluding hydrogens is 195 g/mol. The van der Waals surface area contributed by atoms with Gasteiger partial charge in [0.15, 0.2) is 0 Å². The molecule has 0 radical (unpaired) electrons. The summed E-state index contributed by atoms with van der Waals surface area (Å²) in [5.41, 5.74) is 0. The van der Waals surface area contributed by atoms with Gasteiger partial charge in [0, 0.05) is 13.8 Å². The predicted molar refractivity (Wildman–Crippen MR) is 24.7 cm³/mol. The largest absolute Gasteiger partial charge is 0.394 e. The molecule has 72 valence electrons. The van der Waals surface area contributed by atoms with Crippen LogP contribution in [0.25, 0.3) is 0 Å². The van der Waals surface area contributed by atoms with Crippen LogP contribution in [-0.2, 0) is 14.3 Å². The molecule has 8 heteroatoms. The number of rotatable bonds is 0. The highest BCUT2D eigenvalue weighted by atomic mass is 35.7. The number of halogens is 1. The molecule has 0 aromatic carbocycles. The number of hydrogen-bond acceptors (Lipinski definition) is 7. The maximum atomic E-state index is 9.81. The molecule has 0 fully saturated rings. The molecular formula is C4H7ClO7. The van der Waals surface area contributed by atoms with Crippen molar-refractivity contribution in [2.75, 3.05) is 0 Å². The molecule has 0 aliphatic carbocycles. The van der Waals surface area contributed by atoms with Gasteiger partial charge in [0.25, 0.3) is 0 Å². The number of ether oxygens (including phenoxy) is 1. The number of esters is 2. The summed E-state index contributed by atoms with van der Waals surface area (Å²) in [6.45, 7) is 2.36. The van der Waals surface area contributed by atoms with Crippen molar-refractivity contribution in [3.63, 3.8) is 0 Å². The van der Waals surface area contributed by atoms with Crippen LogP contribution in [0.5, 0.6) is 0 Å². The van der Waals surface area contributed by atoms with Gasteiger partial charge < -0.3 is 4.74 Å². The number of hydrogen-bond donors (Lipinski definition) is 1. The fraction of sp³-hybridized carbons (Fsp3) is 0.500. The summed E-state index contributed by atoms with van der Waals surface area (Å²) in [5, 5.41) is 0. The number of carbonyl (C=O) groups is 2. The van der Waals surface area contributed by atoms with Crippen LogP contribution in [0, 0.1) is 10.2 Å². The lowest BCUT2D eigenvalue weighted by Gasteiger charge is -2.03. The zero-order valence-corrected chi connectivity index (χ0v) is 7.03. The maximum absolute atomic E-state index is 9.81. The van der Waals surface area contributed by atoms with E-state index in [2.05, 4.69) is 4.74 Å². The third kappa shape index (κ3) is 59.3.